The average Bonchev–Trinajstić information content (AvgIpc) is 3.36. The molecule has 2 aromatic heterocycles. The van der Waals surface area contributed by atoms with Gasteiger partial charge in [-0.2, -0.15) is 0 Å². The van der Waals surface area contributed by atoms with Crippen LogP contribution in [0.1, 0.15) is 34.1 Å². The maximum atomic E-state index is 13.1. The molecule has 0 spiro atoms. The van der Waals surface area contributed by atoms with Crippen molar-refractivity contribution in [3.05, 3.63) is 88.6 Å². The third kappa shape index (κ3) is 3.59. The molecule has 1 amide bonds. The van der Waals surface area contributed by atoms with Crippen molar-refractivity contribution in [1.29, 1.82) is 0 Å². The number of benzene rings is 1. The van der Waals surface area contributed by atoms with E-state index < -0.39 is 17.7 Å². The summed E-state index contributed by atoms with van der Waals surface area (Å²) in [5.74, 6) is -0.955. The SMILES string of the molecule is COc1c(C)cc(C)cc1/C(O)=C1/C(=O)C(=O)N(Cc2cccnc2)C1c1ccco1. The summed E-state index contributed by atoms with van der Waals surface area (Å²) in [6, 6.07) is 9.71. The van der Waals surface area contributed by atoms with E-state index in [1.54, 1.807) is 36.7 Å². The third-order valence-corrected chi connectivity index (χ3v) is 5.31. The lowest BCUT2D eigenvalue weighted by molar-refractivity contribution is -0.140. The first-order chi connectivity index (χ1) is 14.9. The second-order valence-electron chi connectivity index (χ2n) is 7.47. The molecule has 1 aliphatic heterocycles. The maximum absolute atomic E-state index is 13.1. The van der Waals surface area contributed by atoms with Crippen LogP contribution in [0.15, 0.2) is 65.0 Å². The zero-order chi connectivity index (χ0) is 22.1. The summed E-state index contributed by atoms with van der Waals surface area (Å²) in [7, 11) is 1.50. The van der Waals surface area contributed by atoms with Gasteiger partial charge in [-0.05, 0) is 54.8 Å². The van der Waals surface area contributed by atoms with E-state index >= 15 is 0 Å². The first-order valence-electron chi connectivity index (χ1n) is 9.78. The van der Waals surface area contributed by atoms with Crippen molar-refractivity contribution in [1.82, 2.24) is 9.88 Å². The number of hydrogen-bond acceptors (Lipinski definition) is 6. The quantitative estimate of drug-likeness (QED) is 0.384. The van der Waals surface area contributed by atoms with Crippen LogP contribution in [0, 0.1) is 13.8 Å². The molecular formula is C24H22N2O5. The van der Waals surface area contributed by atoms with Gasteiger partial charge in [0.2, 0.25) is 0 Å². The summed E-state index contributed by atoms with van der Waals surface area (Å²) in [5.41, 5.74) is 2.77. The molecule has 1 atom stereocenters. The van der Waals surface area contributed by atoms with Crippen molar-refractivity contribution in [3.8, 4) is 5.75 Å². The Bertz CT molecular complexity index is 1170. The lowest BCUT2D eigenvalue weighted by atomic mass is 9.96. The van der Waals surface area contributed by atoms with E-state index in [9.17, 15) is 14.7 Å². The van der Waals surface area contributed by atoms with Crippen LogP contribution in [0.3, 0.4) is 0 Å². The van der Waals surface area contributed by atoms with Gasteiger partial charge in [-0.3, -0.25) is 14.6 Å². The van der Waals surface area contributed by atoms with E-state index in [0.29, 0.717) is 17.1 Å². The molecule has 0 radical (unpaired) electrons. The predicted molar refractivity (Wildman–Crippen MR) is 113 cm³/mol. The first kappa shape index (κ1) is 20.4. The summed E-state index contributed by atoms with van der Waals surface area (Å²) in [6.07, 6.45) is 4.73. The van der Waals surface area contributed by atoms with Gasteiger partial charge in [-0.1, -0.05) is 12.1 Å². The van der Waals surface area contributed by atoms with Crippen LogP contribution in [0.5, 0.6) is 5.75 Å². The second kappa shape index (κ2) is 8.10. The number of aliphatic hydroxyl groups is 1. The van der Waals surface area contributed by atoms with Gasteiger partial charge in [0.1, 0.15) is 23.3 Å². The molecule has 7 heteroatoms. The van der Waals surface area contributed by atoms with Gasteiger partial charge in [0.05, 0.1) is 24.5 Å². The van der Waals surface area contributed by atoms with Gasteiger partial charge in [-0.15, -0.1) is 0 Å². The standard InChI is InChI=1S/C24H22N2O5/c1-14-10-15(2)23(30-3)17(11-14)21(27)19-20(18-7-5-9-31-18)26(24(29)22(19)28)13-16-6-4-8-25-12-16/h4-12,20,27H,13H2,1-3H3/b21-19-. The molecule has 1 saturated heterocycles. The number of nitrogens with zero attached hydrogens (tertiary/aromatic N) is 2. The van der Waals surface area contributed by atoms with Crippen molar-refractivity contribution in [2.24, 2.45) is 0 Å². The highest BCUT2D eigenvalue weighted by molar-refractivity contribution is 6.46. The number of carbonyl (C=O) groups is 2. The Morgan fingerprint density at radius 2 is 2.03 bits per heavy atom. The fraction of sp³-hybridized carbons (Fsp3) is 0.208. The number of Topliss-reactive ketones (excluding diaryl/α,β-unsaturated/α-hetero) is 1. The minimum Gasteiger partial charge on any atom is -0.507 e. The Labute approximate surface area is 179 Å². The van der Waals surface area contributed by atoms with Crippen molar-refractivity contribution in [2.45, 2.75) is 26.4 Å². The molecule has 31 heavy (non-hydrogen) atoms. The molecule has 0 aliphatic carbocycles. The normalized spacial score (nSPS) is 17.9. The zero-order valence-corrected chi connectivity index (χ0v) is 17.5. The molecule has 0 bridgehead atoms. The van der Waals surface area contributed by atoms with Gasteiger partial charge in [-0.25, -0.2) is 0 Å². The van der Waals surface area contributed by atoms with Crippen molar-refractivity contribution in [2.75, 3.05) is 7.11 Å². The van der Waals surface area contributed by atoms with E-state index in [-0.39, 0.29) is 17.9 Å². The van der Waals surface area contributed by atoms with Gasteiger partial charge in [0.25, 0.3) is 11.7 Å². The summed E-state index contributed by atoms with van der Waals surface area (Å²) in [6.45, 7) is 3.88. The van der Waals surface area contributed by atoms with E-state index in [2.05, 4.69) is 4.98 Å². The Morgan fingerprint density at radius 1 is 1.23 bits per heavy atom. The van der Waals surface area contributed by atoms with Crippen LogP contribution >= 0.6 is 0 Å². The molecule has 1 fully saturated rings. The summed E-state index contributed by atoms with van der Waals surface area (Å²) < 4.78 is 11.1. The highest BCUT2D eigenvalue weighted by atomic mass is 16.5. The Hall–Kier alpha value is -3.87. The maximum Gasteiger partial charge on any atom is 0.296 e. The van der Waals surface area contributed by atoms with E-state index in [1.807, 2.05) is 26.0 Å². The number of rotatable bonds is 5. The number of aliphatic hydroxyl groups excluding tert-OH is 1. The van der Waals surface area contributed by atoms with Crippen molar-refractivity contribution in [3.63, 3.8) is 0 Å². The molecule has 1 aliphatic rings. The average molecular weight is 418 g/mol. The van der Waals surface area contributed by atoms with Crippen LogP contribution in [0.2, 0.25) is 0 Å². The number of furan rings is 1. The summed E-state index contributed by atoms with van der Waals surface area (Å²) in [4.78, 5) is 31.5. The third-order valence-electron chi connectivity index (χ3n) is 5.31. The Morgan fingerprint density at radius 3 is 2.68 bits per heavy atom. The first-order valence-corrected chi connectivity index (χ1v) is 9.78. The molecule has 1 aromatic carbocycles. The van der Waals surface area contributed by atoms with Crippen LogP contribution in [0.25, 0.3) is 5.76 Å². The zero-order valence-electron chi connectivity index (χ0n) is 17.5. The van der Waals surface area contributed by atoms with Crippen LogP contribution in [-0.4, -0.2) is 33.8 Å². The number of amides is 1. The number of aryl methyl sites for hydroxylation is 2. The second-order valence-corrected chi connectivity index (χ2v) is 7.47. The molecule has 1 N–H and O–H groups in total. The number of aromatic nitrogens is 1. The predicted octanol–water partition coefficient (Wildman–Crippen LogP) is 3.92. The summed E-state index contributed by atoms with van der Waals surface area (Å²) >= 11 is 0. The lowest BCUT2D eigenvalue weighted by Crippen LogP contribution is -2.29. The number of methoxy groups -OCH3 is 1. The van der Waals surface area contributed by atoms with Crippen LogP contribution in [0.4, 0.5) is 0 Å². The molecule has 158 valence electrons. The van der Waals surface area contributed by atoms with E-state index in [4.69, 9.17) is 9.15 Å². The number of pyridine rings is 1. The fourth-order valence-electron chi connectivity index (χ4n) is 4.02. The Balaban J connectivity index is 1.90. The van der Waals surface area contributed by atoms with Crippen molar-refractivity contribution >= 4 is 17.4 Å². The topological polar surface area (TPSA) is 92.9 Å². The van der Waals surface area contributed by atoms with Crippen molar-refractivity contribution < 1.29 is 23.8 Å². The number of carbonyl (C=O) groups excluding carboxylic acids is 2. The molecule has 1 unspecified atom stereocenters. The van der Waals surface area contributed by atoms with Gasteiger partial charge in [0.15, 0.2) is 0 Å². The molecular weight excluding hydrogens is 396 g/mol. The highest BCUT2D eigenvalue weighted by Gasteiger charge is 2.47. The van der Waals surface area contributed by atoms with E-state index in [0.717, 1.165) is 16.7 Å². The largest absolute Gasteiger partial charge is 0.507 e. The number of ketones is 1. The number of ether oxygens (including phenoxy) is 1. The summed E-state index contributed by atoms with van der Waals surface area (Å²) in [5, 5.41) is 11.3. The minimum atomic E-state index is -0.874. The monoisotopic (exact) mass is 418 g/mol. The molecule has 7 nitrogen and oxygen atoms in total. The smallest absolute Gasteiger partial charge is 0.296 e. The van der Waals surface area contributed by atoms with Crippen LogP contribution in [-0.2, 0) is 16.1 Å². The minimum absolute atomic E-state index is 0.0351. The number of hydrogen-bond donors (Lipinski definition) is 1. The van der Waals surface area contributed by atoms with Gasteiger partial charge >= 0.3 is 0 Å². The van der Waals surface area contributed by atoms with Gasteiger partial charge < -0.3 is 19.2 Å². The van der Waals surface area contributed by atoms with Crippen LogP contribution < -0.4 is 4.74 Å². The molecule has 0 saturated carbocycles. The van der Waals surface area contributed by atoms with E-state index in [1.165, 1.54) is 18.3 Å². The molecule has 3 aromatic rings. The van der Waals surface area contributed by atoms with Gasteiger partial charge in [0, 0.05) is 18.9 Å². The Kier molecular flexibility index (Phi) is 5.33. The highest BCUT2D eigenvalue weighted by Crippen LogP contribution is 2.42. The lowest BCUT2D eigenvalue weighted by Gasteiger charge is -2.23. The molecule has 3 heterocycles. The number of likely N-dealkylation sites (tertiary alicyclic amines) is 1. The molecule has 4 rings (SSSR count). The fourth-order valence-corrected chi connectivity index (χ4v) is 4.02.